The standard InChI is InChI=1S/C15H23ClN2/c1-13-9-14(2)11-15(10-13)12-18-7-5-17(4-3-16)6-8-18/h9-11H,3-8,12H2,1-2H3. The van der Waals surface area contributed by atoms with Crippen molar-refractivity contribution in [3.8, 4) is 0 Å². The van der Waals surface area contributed by atoms with E-state index in [2.05, 4.69) is 41.8 Å². The minimum atomic E-state index is 0.747. The summed E-state index contributed by atoms with van der Waals surface area (Å²) in [5.74, 6) is 0.747. The van der Waals surface area contributed by atoms with Crippen molar-refractivity contribution in [2.45, 2.75) is 20.4 Å². The van der Waals surface area contributed by atoms with E-state index >= 15 is 0 Å². The van der Waals surface area contributed by atoms with Crippen molar-refractivity contribution in [2.75, 3.05) is 38.6 Å². The smallest absolute Gasteiger partial charge is 0.0351 e. The van der Waals surface area contributed by atoms with Crippen molar-refractivity contribution >= 4 is 11.6 Å². The van der Waals surface area contributed by atoms with Gasteiger partial charge >= 0.3 is 0 Å². The Bertz CT molecular complexity index is 364. The Morgan fingerprint density at radius 1 is 0.944 bits per heavy atom. The van der Waals surface area contributed by atoms with Crippen LogP contribution in [0.15, 0.2) is 18.2 Å². The molecule has 1 aliphatic heterocycles. The van der Waals surface area contributed by atoms with Crippen LogP contribution in [-0.2, 0) is 6.54 Å². The first kappa shape index (κ1) is 13.9. The van der Waals surface area contributed by atoms with Crippen LogP contribution in [0.2, 0.25) is 0 Å². The molecular formula is C15H23ClN2. The van der Waals surface area contributed by atoms with E-state index in [9.17, 15) is 0 Å². The Balaban J connectivity index is 1.87. The molecule has 18 heavy (non-hydrogen) atoms. The van der Waals surface area contributed by atoms with E-state index in [1.165, 1.54) is 16.7 Å². The van der Waals surface area contributed by atoms with E-state index in [4.69, 9.17) is 11.6 Å². The van der Waals surface area contributed by atoms with Crippen molar-refractivity contribution in [1.82, 2.24) is 9.80 Å². The second-order valence-electron chi connectivity index (χ2n) is 5.30. The molecule has 2 rings (SSSR count). The van der Waals surface area contributed by atoms with E-state index in [1.54, 1.807) is 0 Å². The minimum absolute atomic E-state index is 0.747. The van der Waals surface area contributed by atoms with Crippen molar-refractivity contribution in [1.29, 1.82) is 0 Å². The van der Waals surface area contributed by atoms with Gasteiger partial charge in [0.1, 0.15) is 0 Å². The normalized spacial score (nSPS) is 18.2. The maximum absolute atomic E-state index is 5.78. The second kappa shape index (κ2) is 6.55. The molecule has 0 N–H and O–H groups in total. The van der Waals surface area contributed by atoms with Crippen LogP contribution in [0, 0.1) is 13.8 Å². The third-order valence-corrected chi connectivity index (χ3v) is 3.72. The molecule has 0 radical (unpaired) electrons. The number of aryl methyl sites for hydroxylation is 2. The number of nitrogens with zero attached hydrogens (tertiary/aromatic N) is 2. The van der Waals surface area contributed by atoms with Crippen LogP contribution in [0.1, 0.15) is 16.7 Å². The molecule has 1 aromatic rings. The number of rotatable bonds is 4. The SMILES string of the molecule is Cc1cc(C)cc(CN2CCN(CCCl)CC2)c1. The number of hydrogen-bond donors (Lipinski definition) is 0. The molecule has 0 amide bonds. The van der Waals surface area contributed by atoms with Gasteiger partial charge in [-0.05, 0) is 19.4 Å². The number of hydrogen-bond acceptors (Lipinski definition) is 2. The second-order valence-corrected chi connectivity index (χ2v) is 5.68. The van der Waals surface area contributed by atoms with Crippen LogP contribution >= 0.6 is 11.6 Å². The number of alkyl halides is 1. The van der Waals surface area contributed by atoms with Crippen molar-refractivity contribution in [3.05, 3.63) is 34.9 Å². The lowest BCUT2D eigenvalue weighted by molar-refractivity contribution is 0.132. The zero-order valence-electron chi connectivity index (χ0n) is 11.5. The van der Waals surface area contributed by atoms with Gasteiger partial charge in [0, 0.05) is 45.1 Å². The van der Waals surface area contributed by atoms with E-state index in [0.717, 1.165) is 45.1 Å². The highest BCUT2D eigenvalue weighted by Crippen LogP contribution is 2.13. The summed E-state index contributed by atoms with van der Waals surface area (Å²) in [5, 5.41) is 0. The van der Waals surface area contributed by atoms with Crippen molar-refractivity contribution in [3.63, 3.8) is 0 Å². The average molecular weight is 267 g/mol. The maximum atomic E-state index is 5.78. The molecule has 0 aromatic heterocycles. The van der Waals surface area contributed by atoms with Gasteiger partial charge in [0.25, 0.3) is 0 Å². The van der Waals surface area contributed by atoms with E-state index < -0.39 is 0 Å². The molecule has 0 aliphatic carbocycles. The molecule has 0 bridgehead atoms. The Morgan fingerprint density at radius 3 is 2.06 bits per heavy atom. The fourth-order valence-corrected chi connectivity index (χ4v) is 2.95. The predicted molar refractivity (Wildman–Crippen MR) is 78.4 cm³/mol. The third kappa shape index (κ3) is 3.98. The summed E-state index contributed by atoms with van der Waals surface area (Å²) in [5.41, 5.74) is 4.18. The quantitative estimate of drug-likeness (QED) is 0.773. The monoisotopic (exact) mass is 266 g/mol. The Labute approximate surface area is 116 Å². The number of halogens is 1. The first-order chi connectivity index (χ1) is 8.67. The largest absolute Gasteiger partial charge is 0.300 e. The van der Waals surface area contributed by atoms with Gasteiger partial charge in [-0.1, -0.05) is 29.3 Å². The summed E-state index contributed by atoms with van der Waals surface area (Å²) >= 11 is 5.78. The van der Waals surface area contributed by atoms with Crippen LogP contribution in [0.5, 0.6) is 0 Å². The molecule has 1 fully saturated rings. The highest BCUT2D eigenvalue weighted by molar-refractivity contribution is 6.18. The topological polar surface area (TPSA) is 6.48 Å². The molecule has 3 heteroatoms. The third-order valence-electron chi connectivity index (χ3n) is 3.55. The van der Waals surface area contributed by atoms with Gasteiger partial charge in [0.05, 0.1) is 0 Å². The van der Waals surface area contributed by atoms with Crippen LogP contribution < -0.4 is 0 Å². The van der Waals surface area contributed by atoms with Crippen LogP contribution in [0.3, 0.4) is 0 Å². The highest BCUT2D eigenvalue weighted by Gasteiger charge is 2.16. The minimum Gasteiger partial charge on any atom is -0.300 e. The van der Waals surface area contributed by atoms with Crippen molar-refractivity contribution in [2.24, 2.45) is 0 Å². The average Bonchev–Trinajstić information content (AvgIpc) is 2.31. The molecule has 1 aromatic carbocycles. The van der Waals surface area contributed by atoms with E-state index in [1.807, 2.05) is 0 Å². The lowest BCUT2D eigenvalue weighted by atomic mass is 10.1. The molecule has 0 spiro atoms. The Hall–Kier alpha value is -0.570. The van der Waals surface area contributed by atoms with Crippen LogP contribution in [0.25, 0.3) is 0 Å². The zero-order chi connectivity index (χ0) is 13.0. The summed E-state index contributed by atoms with van der Waals surface area (Å²) in [4.78, 5) is 4.99. The lowest BCUT2D eigenvalue weighted by Crippen LogP contribution is -2.46. The molecule has 2 nitrogen and oxygen atoms in total. The Kier molecular flexibility index (Phi) is 5.04. The van der Waals surface area contributed by atoms with Crippen LogP contribution in [0.4, 0.5) is 0 Å². The molecule has 100 valence electrons. The maximum Gasteiger partial charge on any atom is 0.0351 e. The summed E-state index contributed by atoms with van der Waals surface area (Å²) in [6, 6.07) is 6.85. The molecule has 0 atom stereocenters. The number of benzene rings is 1. The summed E-state index contributed by atoms with van der Waals surface area (Å²) in [6.07, 6.45) is 0. The number of piperazine rings is 1. The van der Waals surface area contributed by atoms with Crippen molar-refractivity contribution < 1.29 is 0 Å². The van der Waals surface area contributed by atoms with E-state index in [0.29, 0.717) is 0 Å². The molecule has 1 saturated heterocycles. The van der Waals surface area contributed by atoms with Crippen LogP contribution in [-0.4, -0.2) is 48.4 Å². The van der Waals surface area contributed by atoms with E-state index in [-0.39, 0.29) is 0 Å². The van der Waals surface area contributed by atoms with Gasteiger partial charge in [-0.25, -0.2) is 0 Å². The van der Waals surface area contributed by atoms with Gasteiger partial charge in [-0.2, -0.15) is 0 Å². The molecule has 1 heterocycles. The predicted octanol–water partition coefficient (Wildman–Crippen LogP) is 2.66. The first-order valence-corrected chi connectivity index (χ1v) is 7.28. The molecule has 1 aliphatic rings. The lowest BCUT2D eigenvalue weighted by Gasteiger charge is -2.34. The Morgan fingerprint density at radius 2 is 1.50 bits per heavy atom. The van der Waals surface area contributed by atoms with Gasteiger partial charge in [-0.15, -0.1) is 11.6 Å². The van der Waals surface area contributed by atoms with Gasteiger partial charge in [0.2, 0.25) is 0 Å². The molecular weight excluding hydrogens is 244 g/mol. The summed E-state index contributed by atoms with van der Waals surface area (Å²) in [7, 11) is 0. The molecule has 0 unspecified atom stereocenters. The fourth-order valence-electron chi connectivity index (χ4n) is 2.71. The highest BCUT2D eigenvalue weighted by atomic mass is 35.5. The summed E-state index contributed by atoms with van der Waals surface area (Å²) < 4.78 is 0. The first-order valence-electron chi connectivity index (χ1n) is 6.75. The summed E-state index contributed by atoms with van der Waals surface area (Å²) in [6.45, 7) is 11.1. The molecule has 0 saturated carbocycles. The van der Waals surface area contributed by atoms with Gasteiger partial charge in [0.15, 0.2) is 0 Å². The zero-order valence-corrected chi connectivity index (χ0v) is 12.2. The van der Waals surface area contributed by atoms with Gasteiger partial charge < -0.3 is 0 Å². The van der Waals surface area contributed by atoms with Gasteiger partial charge in [-0.3, -0.25) is 9.80 Å². The fraction of sp³-hybridized carbons (Fsp3) is 0.600.